The number of nitrogens with zero attached hydrogens (tertiary/aromatic N) is 2. The molecular formula is C19H29ClN4O3. The van der Waals surface area contributed by atoms with Crippen molar-refractivity contribution in [3.63, 3.8) is 0 Å². The summed E-state index contributed by atoms with van der Waals surface area (Å²) in [5.41, 5.74) is 6.55. The maximum Gasteiger partial charge on any atom is 0.227 e. The topological polar surface area (TPSA) is 103 Å². The highest BCUT2D eigenvalue weighted by atomic mass is 35.5. The summed E-state index contributed by atoms with van der Waals surface area (Å²) in [6.07, 6.45) is 1.55. The monoisotopic (exact) mass is 396 g/mol. The third-order valence-corrected chi connectivity index (χ3v) is 3.86. The lowest BCUT2D eigenvalue weighted by Gasteiger charge is -2.18. The molecule has 150 valence electrons. The molecule has 1 unspecified atom stereocenters. The lowest BCUT2D eigenvalue weighted by molar-refractivity contribution is -0.121. The third kappa shape index (κ3) is 7.56. The molecule has 2 rings (SSSR count). The van der Waals surface area contributed by atoms with Gasteiger partial charge in [-0.2, -0.15) is 4.98 Å². The van der Waals surface area contributed by atoms with Crippen LogP contribution in [-0.2, 0) is 11.2 Å². The van der Waals surface area contributed by atoms with E-state index in [1.165, 1.54) is 0 Å². The van der Waals surface area contributed by atoms with Gasteiger partial charge in [-0.1, -0.05) is 19.0 Å². The Morgan fingerprint density at radius 1 is 1.30 bits per heavy atom. The van der Waals surface area contributed by atoms with Gasteiger partial charge in [-0.25, -0.2) is 0 Å². The molecule has 0 fully saturated rings. The Kier molecular flexibility index (Phi) is 9.82. The van der Waals surface area contributed by atoms with Gasteiger partial charge in [0.15, 0.2) is 0 Å². The Bertz CT molecular complexity index is 689. The predicted octanol–water partition coefficient (Wildman–Crippen LogP) is 2.98. The van der Waals surface area contributed by atoms with E-state index in [1.54, 1.807) is 0 Å². The molecule has 0 aliphatic rings. The van der Waals surface area contributed by atoms with Crippen LogP contribution in [0.1, 0.15) is 39.5 Å². The van der Waals surface area contributed by atoms with Gasteiger partial charge in [-0.3, -0.25) is 4.79 Å². The Morgan fingerprint density at radius 2 is 2.00 bits per heavy atom. The minimum atomic E-state index is -0.0538. The van der Waals surface area contributed by atoms with Gasteiger partial charge in [-0.05, 0) is 43.5 Å². The third-order valence-electron chi connectivity index (χ3n) is 3.86. The fourth-order valence-corrected chi connectivity index (χ4v) is 2.64. The lowest BCUT2D eigenvalue weighted by atomic mass is 10.0. The molecule has 1 amide bonds. The van der Waals surface area contributed by atoms with Crippen molar-refractivity contribution >= 4 is 18.3 Å². The minimum Gasteiger partial charge on any atom is -0.494 e. The first-order valence-corrected chi connectivity index (χ1v) is 9.07. The summed E-state index contributed by atoms with van der Waals surface area (Å²) in [7, 11) is 0. The highest BCUT2D eigenvalue weighted by Gasteiger charge is 2.14. The van der Waals surface area contributed by atoms with Gasteiger partial charge in [0.2, 0.25) is 17.6 Å². The van der Waals surface area contributed by atoms with E-state index >= 15 is 0 Å². The molecule has 0 spiro atoms. The molecule has 0 saturated carbocycles. The second-order valence-electron chi connectivity index (χ2n) is 6.60. The summed E-state index contributed by atoms with van der Waals surface area (Å²) < 4.78 is 10.7. The Hall–Kier alpha value is -2.12. The standard InChI is InChI=1S/C19H28N4O3.ClH/c1-4-25-16-7-5-14(6-8-16)19-22-18(26-23-19)10-9-17(24)21-15(12-20)11-13(2)3;/h5-8,13,15H,4,9-12,20H2,1-3H3,(H,21,24);1H. The lowest BCUT2D eigenvalue weighted by Crippen LogP contribution is -2.41. The van der Waals surface area contributed by atoms with Gasteiger partial charge in [-0.15, -0.1) is 12.4 Å². The molecule has 8 heteroatoms. The van der Waals surface area contributed by atoms with Crippen LogP contribution in [0.4, 0.5) is 0 Å². The van der Waals surface area contributed by atoms with Crippen molar-refractivity contribution in [3.05, 3.63) is 30.2 Å². The normalized spacial score (nSPS) is 11.7. The maximum absolute atomic E-state index is 12.1. The van der Waals surface area contributed by atoms with E-state index in [9.17, 15) is 4.79 Å². The van der Waals surface area contributed by atoms with E-state index in [1.807, 2.05) is 31.2 Å². The number of carbonyl (C=O) groups excluding carboxylic acids is 1. The number of rotatable bonds is 10. The first-order valence-electron chi connectivity index (χ1n) is 9.07. The van der Waals surface area contributed by atoms with Crippen molar-refractivity contribution in [2.24, 2.45) is 11.7 Å². The van der Waals surface area contributed by atoms with Crippen LogP contribution in [0.25, 0.3) is 11.4 Å². The number of hydrogen-bond acceptors (Lipinski definition) is 6. The van der Waals surface area contributed by atoms with E-state index in [4.69, 9.17) is 15.0 Å². The number of nitrogens with two attached hydrogens (primary N) is 1. The van der Waals surface area contributed by atoms with Crippen molar-refractivity contribution in [1.29, 1.82) is 0 Å². The molecule has 1 aromatic heterocycles. The number of ether oxygens (including phenoxy) is 1. The van der Waals surface area contributed by atoms with Crippen LogP contribution in [0.2, 0.25) is 0 Å². The fourth-order valence-electron chi connectivity index (χ4n) is 2.64. The Labute approximate surface area is 166 Å². The quantitative estimate of drug-likeness (QED) is 0.639. The highest BCUT2D eigenvalue weighted by molar-refractivity contribution is 5.85. The number of benzene rings is 1. The maximum atomic E-state index is 12.1. The van der Waals surface area contributed by atoms with E-state index in [-0.39, 0.29) is 24.4 Å². The van der Waals surface area contributed by atoms with Crippen LogP contribution in [0.15, 0.2) is 28.8 Å². The molecule has 0 saturated heterocycles. The number of amides is 1. The van der Waals surface area contributed by atoms with Gasteiger partial charge in [0.25, 0.3) is 0 Å². The number of carbonyl (C=O) groups is 1. The van der Waals surface area contributed by atoms with E-state index in [0.29, 0.717) is 43.6 Å². The van der Waals surface area contributed by atoms with Crippen LogP contribution in [-0.4, -0.2) is 35.2 Å². The van der Waals surface area contributed by atoms with Gasteiger partial charge >= 0.3 is 0 Å². The summed E-state index contributed by atoms with van der Waals surface area (Å²) in [5.74, 6) is 2.17. The molecule has 7 nitrogen and oxygen atoms in total. The Morgan fingerprint density at radius 3 is 2.59 bits per heavy atom. The smallest absolute Gasteiger partial charge is 0.227 e. The summed E-state index contributed by atoms with van der Waals surface area (Å²) >= 11 is 0. The van der Waals surface area contributed by atoms with Gasteiger partial charge in [0.05, 0.1) is 6.61 Å². The number of nitrogens with one attached hydrogen (secondary N) is 1. The molecule has 1 aromatic carbocycles. The molecule has 0 bridgehead atoms. The van der Waals surface area contributed by atoms with Gasteiger partial charge < -0.3 is 20.3 Å². The summed E-state index contributed by atoms with van der Waals surface area (Å²) in [5, 5.41) is 6.94. The Balaban J connectivity index is 0.00000364. The zero-order valence-corrected chi connectivity index (χ0v) is 16.9. The van der Waals surface area contributed by atoms with E-state index < -0.39 is 0 Å². The molecule has 0 aliphatic heterocycles. The molecule has 1 heterocycles. The molecule has 2 aromatic rings. The summed E-state index contributed by atoms with van der Waals surface area (Å²) in [6.45, 7) is 7.21. The van der Waals surface area contributed by atoms with Crippen LogP contribution >= 0.6 is 12.4 Å². The van der Waals surface area contributed by atoms with Crippen LogP contribution < -0.4 is 15.8 Å². The van der Waals surface area contributed by atoms with Crippen molar-refractivity contribution in [1.82, 2.24) is 15.5 Å². The summed E-state index contributed by atoms with van der Waals surface area (Å²) in [4.78, 5) is 16.4. The second-order valence-corrected chi connectivity index (χ2v) is 6.60. The molecule has 3 N–H and O–H groups in total. The van der Waals surface area contributed by atoms with Crippen molar-refractivity contribution in [3.8, 4) is 17.1 Å². The molecule has 0 aliphatic carbocycles. The number of aromatic nitrogens is 2. The van der Waals surface area contributed by atoms with E-state index in [0.717, 1.165) is 17.7 Å². The minimum absolute atomic E-state index is 0. The van der Waals surface area contributed by atoms with Crippen LogP contribution in [0.5, 0.6) is 5.75 Å². The average molecular weight is 397 g/mol. The van der Waals surface area contributed by atoms with Crippen molar-refractivity contribution in [2.75, 3.05) is 13.2 Å². The average Bonchev–Trinajstić information content (AvgIpc) is 3.09. The van der Waals surface area contributed by atoms with Gasteiger partial charge in [0.1, 0.15) is 5.75 Å². The number of hydrogen-bond donors (Lipinski definition) is 2. The first kappa shape index (κ1) is 22.9. The second kappa shape index (κ2) is 11.6. The van der Waals surface area contributed by atoms with Crippen LogP contribution in [0.3, 0.4) is 0 Å². The zero-order valence-electron chi connectivity index (χ0n) is 16.1. The summed E-state index contributed by atoms with van der Waals surface area (Å²) in [6, 6.07) is 7.49. The molecule has 27 heavy (non-hydrogen) atoms. The number of halogens is 1. The van der Waals surface area contributed by atoms with Crippen molar-refractivity contribution in [2.45, 2.75) is 46.1 Å². The first-order chi connectivity index (χ1) is 12.5. The van der Waals surface area contributed by atoms with Crippen molar-refractivity contribution < 1.29 is 14.1 Å². The number of aryl methyl sites for hydroxylation is 1. The molecular weight excluding hydrogens is 368 g/mol. The molecule has 1 atom stereocenters. The fraction of sp³-hybridized carbons (Fsp3) is 0.526. The van der Waals surface area contributed by atoms with E-state index in [2.05, 4.69) is 29.3 Å². The van der Waals surface area contributed by atoms with Crippen LogP contribution in [0, 0.1) is 5.92 Å². The van der Waals surface area contributed by atoms with Gasteiger partial charge in [0, 0.05) is 31.0 Å². The predicted molar refractivity (Wildman–Crippen MR) is 107 cm³/mol. The highest BCUT2D eigenvalue weighted by Crippen LogP contribution is 2.20. The SMILES string of the molecule is CCOc1ccc(-c2noc(CCC(=O)NC(CN)CC(C)C)n2)cc1.Cl. The largest absolute Gasteiger partial charge is 0.494 e. The zero-order chi connectivity index (χ0) is 18.9. The molecule has 0 radical (unpaired) electrons.